The first-order valence-electron chi connectivity index (χ1n) is 7.02. The lowest BCUT2D eigenvalue weighted by Gasteiger charge is -2.13. The minimum atomic E-state index is 0.0803. The Balaban J connectivity index is 2.04. The molecule has 0 aromatic heterocycles. The van der Waals surface area contributed by atoms with Gasteiger partial charge in [-0.3, -0.25) is 9.69 Å². The van der Waals surface area contributed by atoms with Gasteiger partial charge in [0.25, 0.3) is 0 Å². The number of amides is 1. The van der Waals surface area contributed by atoms with E-state index in [4.69, 9.17) is 0 Å². The Morgan fingerprint density at radius 2 is 2.21 bits per heavy atom. The van der Waals surface area contributed by atoms with Crippen molar-refractivity contribution < 1.29 is 4.79 Å². The predicted molar refractivity (Wildman–Crippen MR) is 78.0 cm³/mol. The number of fused-ring (bicyclic) bond motifs is 1. The number of rotatable bonds is 6. The van der Waals surface area contributed by atoms with Gasteiger partial charge in [-0.2, -0.15) is 0 Å². The highest BCUT2D eigenvalue weighted by Gasteiger charge is 2.21. The fourth-order valence-electron chi connectivity index (χ4n) is 2.53. The average molecular weight is 261 g/mol. The first-order chi connectivity index (χ1) is 9.24. The SMILES string of the molecule is CCCN1Cc2cccc(NC(=O)CCNC)c2C1. The zero-order valence-electron chi connectivity index (χ0n) is 11.8. The van der Waals surface area contributed by atoms with Gasteiger partial charge in [0, 0.05) is 31.7 Å². The average Bonchev–Trinajstić information content (AvgIpc) is 2.80. The van der Waals surface area contributed by atoms with Gasteiger partial charge in [0.05, 0.1) is 0 Å². The Morgan fingerprint density at radius 1 is 1.37 bits per heavy atom. The number of anilines is 1. The summed E-state index contributed by atoms with van der Waals surface area (Å²) in [5.41, 5.74) is 3.62. The lowest BCUT2D eigenvalue weighted by Crippen LogP contribution is -2.20. The van der Waals surface area contributed by atoms with Crippen molar-refractivity contribution in [3.63, 3.8) is 0 Å². The summed E-state index contributed by atoms with van der Waals surface area (Å²) in [4.78, 5) is 14.2. The zero-order chi connectivity index (χ0) is 13.7. The molecule has 1 heterocycles. The number of carbonyl (C=O) groups excluding carboxylic acids is 1. The van der Waals surface area contributed by atoms with Crippen molar-refractivity contribution in [2.24, 2.45) is 0 Å². The van der Waals surface area contributed by atoms with Crippen molar-refractivity contribution in [3.8, 4) is 0 Å². The molecule has 1 amide bonds. The van der Waals surface area contributed by atoms with E-state index in [1.807, 2.05) is 19.2 Å². The molecule has 19 heavy (non-hydrogen) atoms. The van der Waals surface area contributed by atoms with Gasteiger partial charge in [-0.25, -0.2) is 0 Å². The third-order valence-electron chi connectivity index (χ3n) is 3.46. The molecule has 0 fully saturated rings. The molecule has 0 aliphatic carbocycles. The van der Waals surface area contributed by atoms with E-state index in [0.29, 0.717) is 13.0 Å². The summed E-state index contributed by atoms with van der Waals surface area (Å²) in [6, 6.07) is 6.20. The largest absolute Gasteiger partial charge is 0.326 e. The van der Waals surface area contributed by atoms with Gasteiger partial charge in [0.15, 0.2) is 0 Å². The van der Waals surface area contributed by atoms with Gasteiger partial charge in [-0.05, 0) is 37.2 Å². The van der Waals surface area contributed by atoms with E-state index in [2.05, 4.69) is 28.5 Å². The monoisotopic (exact) mass is 261 g/mol. The second-order valence-electron chi connectivity index (χ2n) is 5.06. The maximum Gasteiger partial charge on any atom is 0.225 e. The number of hydrogen-bond donors (Lipinski definition) is 2. The molecule has 0 saturated heterocycles. The smallest absolute Gasteiger partial charge is 0.225 e. The summed E-state index contributed by atoms with van der Waals surface area (Å²) in [6.07, 6.45) is 1.68. The van der Waals surface area contributed by atoms with Crippen molar-refractivity contribution in [2.45, 2.75) is 32.9 Å². The van der Waals surface area contributed by atoms with Crippen molar-refractivity contribution in [2.75, 3.05) is 25.5 Å². The molecule has 1 aromatic carbocycles. The molecule has 2 N–H and O–H groups in total. The molecule has 1 aliphatic rings. The molecular formula is C15H23N3O. The summed E-state index contributed by atoms with van der Waals surface area (Å²) in [6.45, 7) is 5.98. The predicted octanol–water partition coefficient (Wildman–Crippen LogP) is 1.96. The molecule has 0 unspecified atom stereocenters. The van der Waals surface area contributed by atoms with Crippen LogP contribution in [0.2, 0.25) is 0 Å². The molecule has 4 heteroatoms. The Kier molecular flexibility index (Phi) is 4.93. The van der Waals surface area contributed by atoms with Crippen molar-refractivity contribution in [1.29, 1.82) is 0 Å². The van der Waals surface area contributed by atoms with Crippen LogP contribution in [-0.4, -0.2) is 30.9 Å². The van der Waals surface area contributed by atoms with E-state index in [9.17, 15) is 4.79 Å². The lowest BCUT2D eigenvalue weighted by molar-refractivity contribution is -0.116. The lowest BCUT2D eigenvalue weighted by atomic mass is 10.1. The van der Waals surface area contributed by atoms with Gasteiger partial charge in [0.1, 0.15) is 0 Å². The van der Waals surface area contributed by atoms with Crippen LogP contribution in [0, 0.1) is 0 Å². The van der Waals surface area contributed by atoms with Crippen LogP contribution >= 0.6 is 0 Å². The van der Waals surface area contributed by atoms with Crippen molar-refractivity contribution in [1.82, 2.24) is 10.2 Å². The maximum atomic E-state index is 11.8. The molecule has 1 aliphatic heterocycles. The minimum absolute atomic E-state index is 0.0803. The summed E-state index contributed by atoms with van der Waals surface area (Å²) < 4.78 is 0. The van der Waals surface area contributed by atoms with Gasteiger partial charge >= 0.3 is 0 Å². The van der Waals surface area contributed by atoms with Crippen LogP contribution in [0.4, 0.5) is 5.69 Å². The number of nitrogens with zero attached hydrogens (tertiary/aromatic N) is 1. The quantitative estimate of drug-likeness (QED) is 0.823. The van der Waals surface area contributed by atoms with Crippen LogP contribution in [0.5, 0.6) is 0 Å². The summed E-state index contributed by atoms with van der Waals surface area (Å²) >= 11 is 0. The molecule has 0 atom stereocenters. The molecule has 0 saturated carbocycles. The molecular weight excluding hydrogens is 238 g/mol. The highest BCUT2D eigenvalue weighted by molar-refractivity contribution is 5.91. The van der Waals surface area contributed by atoms with E-state index in [1.165, 1.54) is 11.1 Å². The summed E-state index contributed by atoms with van der Waals surface area (Å²) in [7, 11) is 1.86. The minimum Gasteiger partial charge on any atom is -0.326 e. The third-order valence-corrected chi connectivity index (χ3v) is 3.46. The van der Waals surface area contributed by atoms with Crippen LogP contribution in [0.3, 0.4) is 0 Å². The first-order valence-corrected chi connectivity index (χ1v) is 7.02. The fraction of sp³-hybridized carbons (Fsp3) is 0.533. The summed E-state index contributed by atoms with van der Waals surface area (Å²) in [5.74, 6) is 0.0803. The fourth-order valence-corrected chi connectivity index (χ4v) is 2.53. The second-order valence-corrected chi connectivity index (χ2v) is 5.06. The Labute approximate surface area is 115 Å². The zero-order valence-corrected chi connectivity index (χ0v) is 11.8. The molecule has 1 aromatic rings. The van der Waals surface area contributed by atoms with Crippen LogP contribution in [0.25, 0.3) is 0 Å². The van der Waals surface area contributed by atoms with E-state index < -0.39 is 0 Å². The normalized spacial score (nSPS) is 14.4. The number of carbonyl (C=O) groups is 1. The van der Waals surface area contributed by atoms with E-state index in [0.717, 1.165) is 31.7 Å². The summed E-state index contributed by atoms with van der Waals surface area (Å²) in [5, 5.41) is 6.03. The molecule has 0 radical (unpaired) electrons. The molecule has 0 bridgehead atoms. The van der Waals surface area contributed by atoms with Gasteiger partial charge < -0.3 is 10.6 Å². The maximum absolute atomic E-state index is 11.8. The van der Waals surface area contributed by atoms with Crippen LogP contribution in [-0.2, 0) is 17.9 Å². The van der Waals surface area contributed by atoms with Crippen LogP contribution in [0.15, 0.2) is 18.2 Å². The number of hydrogen-bond acceptors (Lipinski definition) is 3. The van der Waals surface area contributed by atoms with Gasteiger partial charge in [-0.1, -0.05) is 19.1 Å². The highest BCUT2D eigenvalue weighted by atomic mass is 16.1. The van der Waals surface area contributed by atoms with Gasteiger partial charge in [-0.15, -0.1) is 0 Å². The topological polar surface area (TPSA) is 44.4 Å². The number of nitrogens with one attached hydrogen (secondary N) is 2. The molecule has 4 nitrogen and oxygen atoms in total. The second kappa shape index (κ2) is 6.68. The van der Waals surface area contributed by atoms with Crippen molar-refractivity contribution in [3.05, 3.63) is 29.3 Å². The Morgan fingerprint density at radius 3 is 2.95 bits per heavy atom. The molecule has 104 valence electrons. The van der Waals surface area contributed by atoms with Crippen molar-refractivity contribution >= 4 is 11.6 Å². The van der Waals surface area contributed by atoms with Gasteiger partial charge in [0.2, 0.25) is 5.91 Å². The molecule has 0 spiro atoms. The Bertz CT molecular complexity index is 445. The van der Waals surface area contributed by atoms with E-state index in [1.54, 1.807) is 0 Å². The molecule has 2 rings (SSSR count). The van der Waals surface area contributed by atoms with Crippen LogP contribution in [0.1, 0.15) is 30.9 Å². The van der Waals surface area contributed by atoms with E-state index >= 15 is 0 Å². The third kappa shape index (κ3) is 3.55. The highest BCUT2D eigenvalue weighted by Crippen LogP contribution is 2.29. The number of benzene rings is 1. The standard InChI is InChI=1S/C15H23N3O/c1-3-9-18-10-12-5-4-6-14(13(12)11-18)17-15(19)7-8-16-2/h4-6,16H,3,7-11H2,1-2H3,(H,17,19). The first kappa shape index (κ1) is 14.0. The van der Waals surface area contributed by atoms with E-state index in [-0.39, 0.29) is 5.91 Å². The van der Waals surface area contributed by atoms with Crippen LogP contribution < -0.4 is 10.6 Å². The Hall–Kier alpha value is -1.39.